The number of rotatable bonds is 6. The number of alkyl halides is 2. The summed E-state index contributed by atoms with van der Waals surface area (Å²) in [5.41, 5.74) is -2.52. The lowest BCUT2D eigenvalue weighted by atomic mass is 10.1. The zero-order valence-corrected chi connectivity index (χ0v) is 17.9. The predicted octanol–water partition coefficient (Wildman–Crippen LogP) is 7.25. The minimum absolute atomic E-state index is 0.179. The SMILES string of the molecule is CC(C)[Si](Cc1ccccc1)(Oc1c(F)c(F)c2c(c1F)C(F)=[C]C2(F)F)C(C)C. The molecule has 1 nitrogen and oxygen atoms in total. The van der Waals surface area contributed by atoms with Crippen LogP contribution in [0.1, 0.15) is 44.4 Å². The summed E-state index contributed by atoms with van der Waals surface area (Å²) < 4.78 is 92.0. The first-order valence-electron chi connectivity index (χ1n) is 9.55. The number of hydrogen-bond acceptors (Lipinski definition) is 1. The second-order valence-electron chi connectivity index (χ2n) is 8.06. The van der Waals surface area contributed by atoms with E-state index in [-0.39, 0.29) is 11.1 Å². The molecule has 0 aromatic heterocycles. The summed E-state index contributed by atoms with van der Waals surface area (Å²) >= 11 is 0. The van der Waals surface area contributed by atoms with Gasteiger partial charge in [0.05, 0.1) is 17.2 Å². The third-order valence-electron chi connectivity index (χ3n) is 5.65. The van der Waals surface area contributed by atoms with Crippen molar-refractivity contribution < 1.29 is 30.8 Å². The van der Waals surface area contributed by atoms with E-state index >= 15 is 4.39 Å². The Hall–Kier alpha value is -2.22. The third kappa shape index (κ3) is 3.55. The van der Waals surface area contributed by atoms with Crippen molar-refractivity contribution in [2.45, 2.75) is 50.7 Å². The van der Waals surface area contributed by atoms with Gasteiger partial charge in [-0.15, -0.1) is 0 Å². The minimum Gasteiger partial charge on any atom is -0.539 e. The first-order valence-corrected chi connectivity index (χ1v) is 11.8. The summed E-state index contributed by atoms with van der Waals surface area (Å²) in [7, 11) is -3.09. The summed E-state index contributed by atoms with van der Waals surface area (Å²) in [6.45, 7) is 7.32. The van der Waals surface area contributed by atoms with E-state index in [9.17, 15) is 22.0 Å². The van der Waals surface area contributed by atoms with Gasteiger partial charge in [0.25, 0.3) is 8.32 Å². The van der Waals surface area contributed by atoms with E-state index in [0.717, 1.165) is 11.6 Å². The van der Waals surface area contributed by atoms with E-state index < -0.39 is 54.4 Å². The molecule has 0 N–H and O–H groups in total. The van der Waals surface area contributed by atoms with Crippen LogP contribution in [0.15, 0.2) is 30.3 Å². The average molecular weight is 443 g/mol. The summed E-state index contributed by atoms with van der Waals surface area (Å²) in [5, 5.41) is 0. The highest BCUT2D eigenvalue weighted by molar-refractivity contribution is 6.76. The maximum Gasteiger partial charge on any atom is 0.305 e. The Kier molecular flexibility index (Phi) is 5.84. The largest absolute Gasteiger partial charge is 0.539 e. The monoisotopic (exact) mass is 443 g/mol. The van der Waals surface area contributed by atoms with Crippen molar-refractivity contribution in [2.75, 3.05) is 0 Å². The maximum absolute atomic E-state index is 15.1. The highest BCUT2D eigenvalue weighted by Gasteiger charge is 2.50. The van der Waals surface area contributed by atoms with Crippen LogP contribution in [0.3, 0.4) is 0 Å². The van der Waals surface area contributed by atoms with Crippen LogP contribution in [0, 0.1) is 23.5 Å². The molecule has 0 amide bonds. The molecule has 0 spiro atoms. The van der Waals surface area contributed by atoms with Gasteiger partial charge < -0.3 is 4.43 Å². The van der Waals surface area contributed by atoms with E-state index in [1.54, 1.807) is 0 Å². The minimum atomic E-state index is -4.27. The number of allylic oxidation sites excluding steroid dienone is 1. The van der Waals surface area contributed by atoms with E-state index in [1.165, 1.54) is 0 Å². The molecule has 8 heteroatoms. The molecule has 1 aliphatic rings. The molecule has 161 valence electrons. The van der Waals surface area contributed by atoms with Crippen molar-refractivity contribution in [3.63, 3.8) is 0 Å². The molecule has 0 aliphatic heterocycles. The van der Waals surface area contributed by atoms with Crippen LogP contribution in [0.25, 0.3) is 5.83 Å². The predicted molar refractivity (Wildman–Crippen MR) is 105 cm³/mol. The number of benzene rings is 2. The van der Waals surface area contributed by atoms with Gasteiger partial charge in [-0.25, -0.2) is 13.2 Å². The molecule has 1 radical (unpaired) electrons. The quantitative estimate of drug-likeness (QED) is 0.260. The number of hydrogen-bond donors (Lipinski definition) is 0. The topological polar surface area (TPSA) is 9.23 Å². The van der Waals surface area contributed by atoms with Crippen LogP contribution < -0.4 is 4.43 Å². The molecule has 0 bridgehead atoms. The first-order chi connectivity index (χ1) is 13.9. The first kappa shape index (κ1) is 22.5. The van der Waals surface area contributed by atoms with Gasteiger partial charge in [-0.1, -0.05) is 58.0 Å². The Bertz CT molecular complexity index is 977. The molecule has 0 atom stereocenters. The molecule has 3 rings (SSSR count). The fraction of sp³-hybridized carbons (Fsp3) is 0.364. The lowest BCUT2D eigenvalue weighted by molar-refractivity contribution is 0.0418. The number of halogens is 6. The van der Waals surface area contributed by atoms with Gasteiger partial charge in [0, 0.05) is 6.04 Å². The van der Waals surface area contributed by atoms with Crippen LogP contribution in [-0.4, -0.2) is 8.32 Å². The lowest BCUT2D eigenvalue weighted by Crippen LogP contribution is -2.51. The van der Waals surface area contributed by atoms with Gasteiger partial charge in [-0.2, -0.15) is 13.2 Å². The Morgan fingerprint density at radius 2 is 1.47 bits per heavy atom. The zero-order valence-electron chi connectivity index (χ0n) is 16.9. The Morgan fingerprint density at radius 3 is 2.00 bits per heavy atom. The van der Waals surface area contributed by atoms with E-state index in [4.69, 9.17) is 4.43 Å². The Balaban J connectivity index is 2.18. The molecule has 2 aromatic rings. The number of fused-ring (bicyclic) bond motifs is 1. The van der Waals surface area contributed by atoms with Crippen molar-refractivity contribution in [1.82, 2.24) is 0 Å². The van der Waals surface area contributed by atoms with Crippen molar-refractivity contribution in [3.05, 3.63) is 70.5 Å². The Labute approximate surface area is 172 Å². The Morgan fingerprint density at radius 1 is 0.900 bits per heavy atom. The molecule has 0 saturated carbocycles. The van der Waals surface area contributed by atoms with E-state index in [1.807, 2.05) is 58.0 Å². The summed E-state index contributed by atoms with van der Waals surface area (Å²) in [6, 6.07) is 9.46. The molecule has 1 aliphatic carbocycles. The van der Waals surface area contributed by atoms with Crippen LogP contribution >= 0.6 is 0 Å². The van der Waals surface area contributed by atoms with Gasteiger partial charge in [0.15, 0.2) is 17.4 Å². The molecule has 2 aromatic carbocycles. The van der Waals surface area contributed by atoms with Gasteiger partial charge in [0.2, 0.25) is 5.82 Å². The molecule has 0 saturated heterocycles. The highest BCUT2D eigenvalue weighted by Crippen LogP contribution is 2.49. The van der Waals surface area contributed by atoms with E-state index in [0.29, 0.717) is 6.04 Å². The van der Waals surface area contributed by atoms with E-state index in [2.05, 4.69) is 0 Å². The van der Waals surface area contributed by atoms with Gasteiger partial charge >= 0.3 is 5.92 Å². The van der Waals surface area contributed by atoms with Crippen molar-refractivity contribution in [3.8, 4) is 5.75 Å². The smallest absolute Gasteiger partial charge is 0.305 e. The summed E-state index contributed by atoms with van der Waals surface area (Å²) in [4.78, 5) is 0. The zero-order chi connectivity index (χ0) is 22.4. The second kappa shape index (κ2) is 7.79. The molecular formula is C22H21F6OSi. The van der Waals surface area contributed by atoms with Crippen LogP contribution in [0.2, 0.25) is 11.1 Å². The van der Waals surface area contributed by atoms with Gasteiger partial charge in [-0.3, -0.25) is 0 Å². The molecular weight excluding hydrogens is 422 g/mol. The van der Waals surface area contributed by atoms with Gasteiger partial charge in [0.1, 0.15) is 5.83 Å². The molecule has 0 unspecified atom stereocenters. The fourth-order valence-electron chi connectivity index (χ4n) is 3.94. The standard InChI is InChI=1S/C22H21F6OSi/c1-12(2)30(13(3)4,11-14-8-6-5-7-9-14)29-21-18(24)16-15(23)10-22(27,28)17(16)19(25)20(21)26/h5-9,12-13H,11H2,1-4H3. The van der Waals surface area contributed by atoms with Crippen molar-refractivity contribution in [2.24, 2.45) is 0 Å². The van der Waals surface area contributed by atoms with Crippen LogP contribution in [0.5, 0.6) is 5.75 Å². The lowest BCUT2D eigenvalue weighted by Gasteiger charge is -2.39. The molecule has 30 heavy (non-hydrogen) atoms. The average Bonchev–Trinajstić information content (AvgIpc) is 2.91. The third-order valence-corrected chi connectivity index (χ3v) is 11.1. The molecule has 0 fully saturated rings. The van der Waals surface area contributed by atoms with Crippen molar-refractivity contribution in [1.29, 1.82) is 0 Å². The fourth-order valence-corrected chi connectivity index (χ4v) is 8.07. The maximum atomic E-state index is 15.1. The van der Waals surface area contributed by atoms with Crippen LogP contribution in [0.4, 0.5) is 26.3 Å². The van der Waals surface area contributed by atoms with Crippen LogP contribution in [-0.2, 0) is 12.0 Å². The highest BCUT2D eigenvalue weighted by atomic mass is 28.4. The normalized spacial score (nSPS) is 15.5. The summed E-state index contributed by atoms with van der Waals surface area (Å²) in [6.07, 6.45) is 1.07. The molecule has 0 heterocycles. The van der Waals surface area contributed by atoms with Gasteiger partial charge in [-0.05, 0) is 16.6 Å². The second-order valence-corrected chi connectivity index (χ2v) is 12.8. The summed E-state index contributed by atoms with van der Waals surface area (Å²) in [5.74, 6) is -12.8. The van der Waals surface area contributed by atoms with Crippen molar-refractivity contribution >= 4 is 14.1 Å².